The molecule has 0 spiro atoms. The van der Waals surface area contributed by atoms with Crippen LogP contribution in [-0.2, 0) is 0 Å². The molecule has 0 bridgehead atoms. The van der Waals surface area contributed by atoms with E-state index >= 15 is 0 Å². The van der Waals surface area contributed by atoms with Gasteiger partial charge in [-0.25, -0.2) is 0 Å². The lowest BCUT2D eigenvalue weighted by Crippen LogP contribution is -2.44. The lowest BCUT2D eigenvalue weighted by atomic mass is 9.93. The van der Waals surface area contributed by atoms with Gasteiger partial charge in [0.1, 0.15) is 0 Å². The summed E-state index contributed by atoms with van der Waals surface area (Å²) in [7, 11) is 1.94. The minimum absolute atomic E-state index is 0.151. The lowest BCUT2D eigenvalue weighted by Gasteiger charge is -2.35. The van der Waals surface area contributed by atoms with Crippen LogP contribution in [-0.4, -0.2) is 28.7 Å². The van der Waals surface area contributed by atoms with Crippen molar-refractivity contribution in [1.29, 1.82) is 0 Å². The Morgan fingerprint density at radius 1 is 1.26 bits per heavy atom. The molecule has 1 aromatic carbocycles. The second-order valence-electron chi connectivity index (χ2n) is 5.60. The molecule has 1 saturated carbocycles. The molecule has 0 aliphatic heterocycles. The fourth-order valence-electron chi connectivity index (χ4n) is 2.81. The van der Waals surface area contributed by atoms with Crippen LogP contribution in [0.3, 0.4) is 0 Å². The van der Waals surface area contributed by atoms with Crippen molar-refractivity contribution in [3.05, 3.63) is 34.9 Å². The minimum Gasteiger partial charge on any atom is -0.338 e. The maximum atomic E-state index is 12.7. The standard InChI is InChI=1S/C16H22BrNO/c1-11-8-9-12(2)13(10-11)16(19)18(3)15-7-5-4-6-14(15)17/h8-10,14-15H,4-7H2,1-3H3. The van der Waals surface area contributed by atoms with Crippen LogP contribution in [0, 0.1) is 13.8 Å². The van der Waals surface area contributed by atoms with Gasteiger partial charge in [0.15, 0.2) is 0 Å². The van der Waals surface area contributed by atoms with Crippen molar-refractivity contribution in [3.8, 4) is 0 Å². The average Bonchev–Trinajstić information content (AvgIpc) is 2.40. The second-order valence-corrected chi connectivity index (χ2v) is 6.78. The normalized spacial score (nSPS) is 23.2. The van der Waals surface area contributed by atoms with E-state index in [1.165, 1.54) is 12.8 Å². The molecule has 0 saturated heterocycles. The van der Waals surface area contributed by atoms with Gasteiger partial charge in [-0.1, -0.05) is 46.5 Å². The van der Waals surface area contributed by atoms with E-state index in [0.717, 1.165) is 29.5 Å². The lowest BCUT2D eigenvalue weighted by molar-refractivity contribution is 0.0704. The molecule has 0 heterocycles. The highest BCUT2D eigenvalue weighted by atomic mass is 79.9. The molecule has 1 aliphatic rings. The van der Waals surface area contributed by atoms with Crippen LogP contribution in [0.2, 0.25) is 0 Å². The van der Waals surface area contributed by atoms with Gasteiger partial charge in [0.2, 0.25) is 0 Å². The van der Waals surface area contributed by atoms with Crippen LogP contribution in [0.5, 0.6) is 0 Å². The molecular formula is C16H22BrNO. The molecule has 1 aromatic rings. The largest absolute Gasteiger partial charge is 0.338 e. The van der Waals surface area contributed by atoms with Crippen molar-refractivity contribution in [2.24, 2.45) is 0 Å². The van der Waals surface area contributed by atoms with E-state index < -0.39 is 0 Å². The first-order chi connectivity index (χ1) is 9.00. The summed E-state index contributed by atoms with van der Waals surface area (Å²) in [5.74, 6) is 0.151. The maximum absolute atomic E-state index is 12.7. The summed E-state index contributed by atoms with van der Waals surface area (Å²) in [5.41, 5.74) is 3.04. The number of benzene rings is 1. The molecular weight excluding hydrogens is 302 g/mol. The molecule has 104 valence electrons. The van der Waals surface area contributed by atoms with Crippen LogP contribution in [0.4, 0.5) is 0 Å². The number of rotatable bonds is 2. The van der Waals surface area contributed by atoms with Crippen molar-refractivity contribution in [3.63, 3.8) is 0 Å². The summed E-state index contributed by atoms with van der Waals surface area (Å²) in [6.45, 7) is 4.04. The van der Waals surface area contributed by atoms with Gasteiger partial charge in [0.05, 0.1) is 0 Å². The Hall–Kier alpha value is -0.830. The van der Waals surface area contributed by atoms with Gasteiger partial charge in [-0.05, 0) is 38.3 Å². The molecule has 3 heteroatoms. The number of nitrogens with zero attached hydrogens (tertiary/aromatic N) is 1. The van der Waals surface area contributed by atoms with E-state index in [-0.39, 0.29) is 5.91 Å². The minimum atomic E-state index is 0.151. The van der Waals surface area contributed by atoms with E-state index in [1.54, 1.807) is 0 Å². The van der Waals surface area contributed by atoms with E-state index in [9.17, 15) is 4.79 Å². The summed E-state index contributed by atoms with van der Waals surface area (Å²) >= 11 is 3.74. The molecule has 19 heavy (non-hydrogen) atoms. The van der Waals surface area contributed by atoms with E-state index in [2.05, 4.69) is 22.0 Å². The molecule has 1 amide bonds. The molecule has 2 atom stereocenters. The smallest absolute Gasteiger partial charge is 0.254 e. The molecule has 0 N–H and O–H groups in total. The quantitative estimate of drug-likeness (QED) is 0.751. The average molecular weight is 324 g/mol. The predicted octanol–water partition coefficient (Wildman–Crippen LogP) is 4.08. The number of hydrogen-bond acceptors (Lipinski definition) is 1. The van der Waals surface area contributed by atoms with Crippen LogP contribution in [0.1, 0.15) is 47.2 Å². The first-order valence-electron chi connectivity index (χ1n) is 6.99. The summed E-state index contributed by atoms with van der Waals surface area (Å²) in [6, 6.07) is 6.41. The topological polar surface area (TPSA) is 20.3 Å². The van der Waals surface area contributed by atoms with Gasteiger partial charge in [-0.3, -0.25) is 4.79 Å². The van der Waals surface area contributed by atoms with Gasteiger partial charge in [-0.15, -0.1) is 0 Å². The number of halogens is 1. The van der Waals surface area contributed by atoms with Gasteiger partial charge in [0, 0.05) is 23.5 Å². The highest BCUT2D eigenvalue weighted by Crippen LogP contribution is 2.29. The molecule has 2 rings (SSSR count). The Balaban J connectivity index is 2.20. The zero-order valence-electron chi connectivity index (χ0n) is 11.9. The van der Waals surface area contributed by atoms with Crippen molar-refractivity contribution in [2.45, 2.75) is 50.4 Å². The second kappa shape index (κ2) is 6.08. The number of hydrogen-bond donors (Lipinski definition) is 0. The fraction of sp³-hybridized carbons (Fsp3) is 0.562. The van der Waals surface area contributed by atoms with Crippen molar-refractivity contribution in [2.75, 3.05) is 7.05 Å². The highest BCUT2D eigenvalue weighted by Gasteiger charge is 2.29. The third-order valence-corrected chi connectivity index (χ3v) is 5.16. The Bertz CT molecular complexity index is 472. The van der Waals surface area contributed by atoms with Crippen molar-refractivity contribution >= 4 is 21.8 Å². The molecule has 1 aliphatic carbocycles. The van der Waals surface area contributed by atoms with Crippen LogP contribution in [0.15, 0.2) is 18.2 Å². The van der Waals surface area contributed by atoms with Crippen molar-refractivity contribution < 1.29 is 4.79 Å². The number of carbonyl (C=O) groups is 1. The van der Waals surface area contributed by atoms with E-state index in [1.807, 2.05) is 37.9 Å². The Labute approximate surface area is 124 Å². The van der Waals surface area contributed by atoms with E-state index in [0.29, 0.717) is 10.9 Å². The van der Waals surface area contributed by atoms with Gasteiger partial charge >= 0.3 is 0 Å². The third kappa shape index (κ3) is 3.19. The molecule has 2 unspecified atom stereocenters. The summed E-state index contributed by atoms with van der Waals surface area (Å²) in [6.07, 6.45) is 4.74. The van der Waals surface area contributed by atoms with Gasteiger partial charge < -0.3 is 4.90 Å². The Morgan fingerprint density at radius 2 is 1.95 bits per heavy atom. The third-order valence-electron chi connectivity index (χ3n) is 4.09. The van der Waals surface area contributed by atoms with E-state index in [4.69, 9.17) is 0 Å². The van der Waals surface area contributed by atoms with Gasteiger partial charge in [0.25, 0.3) is 5.91 Å². The number of alkyl halides is 1. The SMILES string of the molecule is Cc1ccc(C)c(C(=O)N(C)C2CCCCC2Br)c1. The first kappa shape index (κ1) is 14.6. The predicted molar refractivity (Wildman–Crippen MR) is 83.0 cm³/mol. The molecule has 1 fully saturated rings. The maximum Gasteiger partial charge on any atom is 0.254 e. The summed E-state index contributed by atoms with van der Waals surface area (Å²) in [4.78, 5) is 15.0. The van der Waals surface area contributed by atoms with Crippen LogP contribution < -0.4 is 0 Å². The van der Waals surface area contributed by atoms with Crippen LogP contribution in [0.25, 0.3) is 0 Å². The zero-order chi connectivity index (χ0) is 14.0. The fourth-order valence-corrected chi connectivity index (χ4v) is 3.75. The number of aryl methyl sites for hydroxylation is 2. The van der Waals surface area contributed by atoms with Crippen molar-refractivity contribution in [1.82, 2.24) is 4.90 Å². The Kier molecular flexibility index (Phi) is 4.67. The molecule has 2 nitrogen and oxygen atoms in total. The van der Waals surface area contributed by atoms with Crippen LogP contribution >= 0.6 is 15.9 Å². The monoisotopic (exact) mass is 323 g/mol. The molecule has 0 aromatic heterocycles. The Morgan fingerprint density at radius 3 is 2.63 bits per heavy atom. The molecule has 0 radical (unpaired) electrons. The summed E-state index contributed by atoms with van der Waals surface area (Å²) < 4.78 is 0. The number of amides is 1. The first-order valence-corrected chi connectivity index (χ1v) is 7.90. The van der Waals surface area contributed by atoms with Gasteiger partial charge in [-0.2, -0.15) is 0 Å². The zero-order valence-corrected chi connectivity index (χ0v) is 13.5. The highest BCUT2D eigenvalue weighted by molar-refractivity contribution is 9.09. The number of carbonyl (C=O) groups excluding carboxylic acids is 1. The summed E-state index contributed by atoms with van der Waals surface area (Å²) in [5, 5.41) is 0.